The number of hydrogen-bond donors (Lipinski definition) is 1. The van der Waals surface area contributed by atoms with Crippen LogP contribution in [0.25, 0.3) is 0 Å². The van der Waals surface area contributed by atoms with Crippen LogP contribution in [0.2, 0.25) is 0 Å². The summed E-state index contributed by atoms with van der Waals surface area (Å²) in [7, 11) is 0. The summed E-state index contributed by atoms with van der Waals surface area (Å²) in [6.07, 6.45) is -0.228. The summed E-state index contributed by atoms with van der Waals surface area (Å²) in [6, 6.07) is 5.69. The Kier molecular flexibility index (Phi) is 6.15. The van der Waals surface area contributed by atoms with Crippen molar-refractivity contribution in [1.82, 2.24) is 9.88 Å². The van der Waals surface area contributed by atoms with Gasteiger partial charge in [-0.05, 0) is 46.2 Å². The van der Waals surface area contributed by atoms with Crippen molar-refractivity contribution in [2.45, 2.75) is 47.3 Å². The summed E-state index contributed by atoms with van der Waals surface area (Å²) in [4.78, 5) is 30.5. The van der Waals surface area contributed by atoms with Crippen molar-refractivity contribution >= 4 is 11.9 Å². The number of carbonyl (C=O) groups excluding carboxylic acids is 2. The number of aromatic amines is 1. The maximum absolute atomic E-state index is 13.3. The molecule has 0 atom stereocenters. The summed E-state index contributed by atoms with van der Waals surface area (Å²) in [6.45, 7) is 10.9. The molecule has 0 saturated carbocycles. The number of carbonyl (C=O) groups is 2. The van der Waals surface area contributed by atoms with Crippen molar-refractivity contribution < 1.29 is 23.8 Å². The van der Waals surface area contributed by atoms with Crippen LogP contribution < -0.4 is 9.47 Å². The molecule has 0 radical (unpaired) electrons. The molecule has 0 unspecified atom stereocenters. The van der Waals surface area contributed by atoms with Crippen molar-refractivity contribution in [3.8, 4) is 11.5 Å². The van der Waals surface area contributed by atoms with Crippen molar-refractivity contribution in [1.29, 1.82) is 0 Å². The molecule has 3 rings (SSSR count). The molecule has 1 aliphatic rings. The van der Waals surface area contributed by atoms with E-state index in [4.69, 9.17) is 14.2 Å². The molecule has 156 valence electrons. The number of amides is 1. The molecular weight excluding hydrogens is 372 g/mol. The number of para-hydroxylation sites is 1. The number of ether oxygens (including phenoxy) is 3. The molecule has 0 bridgehead atoms. The van der Waals surface area contributed by atoms with Gasteiger partial charge in [-0.1, -0.05) is 12.1 Å². The summed E-state index contributed by atoms with van der Waals surface area (Å²) in [5.74, 6) is 0.788. The van der Waals surface area contributed by atoms with Gasteiger partial charge in [0.25, 0.3) is 5.91 Å². The highest BCUT2D eigenvalue weighted by Gasteiger charge is 2.27. The molecule has 2 heterocycles. The fourth-order valence-corrected chi connectivity index (χ4v) is 3.49. The van der Waals surface area contributed by atoms with Crippen LogP contribution in [0.4, 0.5) is 0 Å². The Bertz CT molecular complexity index is 916. The minimum absolute atomic E-state index is 0.175. The number of hydrogen-bond acceptors (Lipinski definition) is 5. The van der Waals surface area contributed by atoms with Gasteiger partial charge in [-0.3, -0.25) is 4.79 Å². The number of aryl methyl sites for hydroxylation is 1. The summed E-state index contributed by atoms with van der Waals surface area (Å²) < 4.78 is 16.7. The molecule has 0 saturated heterocycles. The van der Waals surface area contributed by atoms with Gasteiger partial charge in [0.05, 0.1) is 11.7 Å². The molecule has 1 aromatic heterocycles. The van der Waals surface area contributed by atoms with Gasteiger partial charge in [0.1, 0.15) is 18.9 Å². The van der Waals surface area contributed by atoms with Crippen LogP contribution in [0.1, 0.15) is 58.4 Å². The van der Waals surface area contributed by atoms with E-state index in [1.807, 2.05) is 25.1 Å². The summed E-state index contributed by atoms with van der Waals surface area (Å²) in [5, 5.41) is 0. The zero-order valence-electron chi connectivity index (χ0n) is 17.6. The average molecular weight is 400 g/mol. The van der Waals surface area contributed by atoms with E-state index in [-0.39, 0.29) is 12.0 Å². The quantitative estimate of drug-likeness (QED) is 0.749. The number of nitrogens with zero attached hydrogens (tertiary/aromatic N) is 1. The summed E-state index contributed by atoms with van der Waals surface area (Å²) in [5.41, 5.74) is 2.94. The van der Waals surface area contributed by atoms with Gasteiger partial charge in [0.15, 0.2) is 11.5 Å². The molecule has 1 N–H and O–H groups in total. The molecule has 1 aromatic carbocycles. The number of nitrogens with one attached hydrogen (secondary N) is 1. The van der Waals surface area contributed by atoms with E-state index in [0.29, 0.717) is 60.3 Å². The molecule has 0 spiro atoms. The second-order valence-electron chi connectivity index (χ2n) is 7.34. The predicted octanol–water partition coefficient (Wildman–Crippen LogP) is 3.63. The van der Waals surface area contributed by atoms with E-state index in [1.54, 1.807) is 32.6 Å². The molecular formula is C22H28N2O5. The van der Waals surface area contributed by atoms with E-state index < -0.39 is 5.97 Å². The smallest absolute Gasteiger partial charge is 0.340 e. The van der Waals surface area contributed by atoms with Crippen molar-refractivity contribution in [3.63, 3.8) is 0 Å². The minimum Gasteiger partial charge on any atom is -0.486 e. The molecule has 7 heteroatoms. The van der Waals surface area contributed by atoms with E-state index in [1.165, 1.54) is 0 Å². The Morgan fingerprint density at radius 2 is 1.93 bits per heavy atom. The average Bonchev–Trinajstić information content (AvgIpc) is 2.99. The van der Waals surface area contributed by atoms with Crippen LogP contribution in [0.5, 0.6) is 11.5 Å². The van der Waals surface area contributed by atoms with E-state index in [2.05, 4.69) is 4.98 Å². The van der Waals surface area contributed by atoms with Gasteiger partial charge in [0, 0.05) is 24.3 Å². The first-order valence-electron chi connectivity index (χ1n) is 9.90. The van der Waals surface area contributed by atoms with Crippen LogP contribution in [0, 0.1) is 13.8 Å². The third-order valence-electron chi connectivity index (χ3n) is 4.88. The zero-order chi connectivity index (χ0) is 21.1. The monoisotopic (exact) mass is 400 g/mol. The molecule has 0 aliphatic carbocycles. The van der Waals surface area contributed by atoms with Crippen LogP contribution in [-0.4, -0.2) is 47.6 Å². The lowest BCUT2D eigenvalue weighted by Gasteiger charge is -2.25. The molecule has 0 fully saturated rings. The Labute approximate surface area is 170 Å². The van der Waals surface area contributed by atoms with Crippen molar-refractivity contribution in [2.24, 2.45) is 0 Å². The number of rotatable bonds is 6. The second kappa shape index (κ2) is 8.59. The SMILES string of the molecule is CCN(Cc1cccc2c1OCCO2)C(=O)c1[nH]c(C)c(C(=O)OC(C)C)c1C. The first-order chi connectivity index (χ1) is 13.8. The first-order valence-corrected chi connectivity index (χ1v) is 9.90. The molecule has 1 aliphatic heterocycles. The second-order valence-corrected chi connectivity index (χ2v) is 7.34. The van der Waals surface area contributed by atoms with Gasteiger partial charge in [-0.2, -0.15) is 0 Å². The van der Waals surface area contributed by atoms with Crippen LogP contribution >= 0.6 is 0 Å². The van der Waals surface area contributed by atoms with Crippen molar-refractivity contribution in [3.05, 3.63) is 46.3 Å². The largest absolute Gasteiger partial charge is 0.486 e. The number of H-pyrrole nitrogens is 1. The van der Waals surface area contributed by atoms with E-state index in [9.17, 15) is 9.59 Å². The minimum atomic E-state index is -0.420. The van der Waals surface area contributed by atoms with Crippen LogP contribution in [0.3, 0.4) is 0 Å². The number of aromatic nitrogens is 1. The molecule has 7 nitrogen and oxygen atoms in total. The molecule has 1 amide bonds. The lowest BCUT2D eigenvalue weighted by atomic mass is 10.1. The molecule has 29 heavy (non-hydrogen) atoms. The Hall–Kier alpha value is -2.96. The van der Waals surface area contributed by atoms with Gasteiger partial charge in [0.2, 0.25) is 0 Å². The highest BCUT2D eigenvalue weighted by Crippen LogP contribution is 2.34. The summed E-state index contributed by atoms with van der Waals surface area (Å²) >= 11 is 0. The third-order valence-corrected chi connectivity index (χ3v) is 4.88. The van der Waals surface area contributed by atoms with Crippen LogP contribution in [-0.2, 0) is 11.3 Å². The lowest BCUT2D eigenvalue weighted by Crippen LogP contribution is -2.31. The standard InChI is InChI=1S/C22H28N2O5/c1-6-24(12-16-8-7-9-17-20(16)28-11-10-27-17)21(25)19-14(4)18(15(5)23-19)22(26)29-13(2)3/h7-9,13,23H,6,10-12H2,1-5H3. The molecule has 2 aromatic rings. The first kappa shape index (κ1) is 20.8. The number of esters is 1. The number of benzene rings is 1. The van der Waals surface area contributed by atoms with Crippen molar-refractivity contribution in [2.75, 3.05) is 19.8 Å². The van der Waals surface area contributed by atoms with E-state index >= 15 is 0 Å². The fourth-order valence-electron chi connectivity index (χ4n) is 3.49. The van der Waals surface area contributed by atoms with Gasteiger partial charge >= 0.3 is 5.97 Å². The highest BCUT2D eigenvalue weighted by atomic mass is 16.6. The van der Waals surface area contributed by atoms with Crippen LogP contribution in [0.15, 0.2) is 18.2 Å². The third kappa shape index (κ3) is 4.23. The van der Waals surface area contributed by atoms with Gasteiger partial charge < -0.3 is 24.1 Å². The lowest BCUT2D eigenvalue weighted by molar-refractivity contribution is 0.0376. The normalized spacial score (nSPS) is 12.8. The highest BCUT2D eigenvalue weighted by molar-refractivity contribution is 6.00. The maximum Gasteiger partial charge on any atom is 0.340 e. The van der Waals surface area contributed by atoms with Gasteiger partial charge in [-0.15, -0.1) is 0 Å². The number of fused-ring (bicyclic) bond motifs is 1. The Balaban J connectivity index is 1.87. The van der Waals surface area contributed by atoms with E-state index in [0.717, 1.165) is 5.56 Å². The Morgan fingerprint density at radius 1 is 1.21 bits per heavy atom. The zero-order valence-corrected chi connectivity index (χ0v) is 17.6. The maximum atomic E-state index is 13.3. The van der Waals surface area contributed by atoms with Gasteiger partial charge in [-0.25, -0.2) is 4.79 Å². The fraction of sp³-hybridized carbons (Fsp3) is 0.455. The predicted molar refractivity (Wildman–Crippen MR) is 109 cm³/mol. The topological polar surface area (TPSA) is 80.9 Å². The Morgan fingerprint density at radius 3 is 2.62 bits per heavy atom.